The van der Waals surface area contributed by atoms with Gasteiger partial charge in [-0.15, -0.1) is 56.7 Å². The molecule has 15 aromatic heterocycles. The van der Waals surface area contributed by atoms with E-state index in [1.807, 2.05) is 99.3 Å². The third-order valence-corrected chi connectivity index (χ3v) is 26.1. The average molecular weight is 1670 g/mol. The van der Waals surface area contributed by atoms with Gasteiger partial charge >= 0.3 is 0 Å². The number of aryl methyl sites for hydroxylation is 4. The summed E-state index contributed by atoms with van der Waals surface area (Å²) in [6.45, 7) is 25.1. The first-order chi connectivity index (χ1) is 56.1. The number of ether oxygens (including phenoxy) is 3. The molecule has 17 rings (SSSR count). The lowest BCUT2D eigenvalue weighted by Gasteiger charge is -2.26. The van der Waals surface area contributed by atoms with E-state index >= 15 is 0 Å². The number of pyridine rings is 5. The van der Waals surface area contributed by atoms with Gasteiger partial charge in [-0.25, -0.2) is 24.9 Å². The van der Waals surface area contributed by atoms with Crippen LogP contribution >= 0.6 is 56.7 Å². The number of hydrogen-bond acceptors (Lipinski definition) is 31. The summed E-state index contributed by atoms with van der Waals surface area (Å²) in [4.78, 5) is 44.1. The van der Waals surface area contributed by atoms with Gasteiger partial charge in [0.05, 0.1) is 158 Å². The van der Waals surface area contributed by atoms with Gasteiger partial charge in [-0.3, -0.25) is 35.2 Å². The molecule has 21 N–H and O–H groups in total. The van der Waals surface area contributed by atoms with E-state index in [1.165, 1.54) is 0 Å². The Labute approximate surface area is 689 Å². The Morgan fingerprint density at radius 1 is 0.517 bits per heavy atom. The molecular weight excluding hydrogens is 1570 g/mol. The summed E-state index contributed by atoms with van der Waals surface area (Å²) in [5.74, 6) is 2.82. The highest BCUT2D eigenvalue weighted by molar-refractivity contribution is 7.24. The summed E-state index contributed by atoms with van der Waals surface area (Å²) in [7, 11) is 3.39. The van der Waals surface area contributed by atoms with E-state index < -0.39 is 0 Å². The maximum atomic E-state index is 11.6. The van der Waals surface area contributed by atoms with Crippen LogP contribution in [0.15, 0.2) is 97.7 Å². The Morgan fingerprint density at radius 3 is 1.33 bits per heavy atom. The van der Waals surface area contributed by atoms with Crippen LogP contribution in [0.2, 0.25) is 0 Å². The molecule has 1 atom stereocenters. The van der Waals surface area contributed by atoms with Gasteiger partial charge < -0.3 is 79.5 Å². The second-order valence-corrected chi connectivity index (χ2v) is 33.9. The zero-order valence-electron chi connectivity index (χ0n) is 66.2. The quantitative estimate of drug-likeness (QED) is 0.0224. The van der Waals surface area contributed by atoms with Crippen molar-refractivity contribution in [2.75, 3.05) is 161 Å². The van der Waals surface area contributed by atoms with Gasteiger partial charge in [0.15, 0.2) is 0 Å². The number of anilines is 10. The minimum absolute atomic E-state index is 0.118. The smallest absolute Gasteiger partial charge is 0.222 e. The first-order valence-corrected chi connectivity index (χ1v) is 42.1. The number of fused-ring (bicyclic) bond motifs is 5. The van der Waals surface area contributed by atoms with E-state index in [1.54, 1.807) is 102 Å². The molecule has 0 aromatic carbocycles. The molecule has 610 valence electrons. The van der Waals surface area contributed by atoms with Crippen molar-refractivity contribution < 1.29 is 24.1 Å². The van der Waals surface area contributed by atoms with E-state index in [9.17, 15) is 9.90 Å². The van der Waals surface area contributed by atoms with Gasteiger partial charge in [0, 0.05) is 159 Å². The zero-order chi connectivity index (χ0) is 81.6. The Kier molecular flexibility index (Phi) is 27.2. The van der Waals surface area contributed by atoms with Crippen LogP contribution in [0.3, 0.4) is 0 Å². The van der Waals surface area contributed by atoms with Crippen molar-refractivity contribution in [3.8, 4) is 52.9 Å². The molecule has 37 heteroatoms. The number of aliphatic hydroxyl groups excluding tert-OH is 1. The highest BCUT2D eigenvalue weighted by Gasteiger charge is 2.25. The molecule has 2 aliphatic heterocycles. The number of nitrogen functional groups attached to an aromatic ring is 5. The highest BCUT2D eigenvalue weighted by Crippen LogP contribution is 2.46. The number of methoxy groups -OCH3 is 2. The van der Waals surface area contributed by atoms with Crippen LogP contribution in [0.25, 0.3) is 104 Å². The lowest BCUT2D eigenvalue weighted by Crippen LogP contribution is -2.39. The number of nitrogens with two attached hydrogens (primary N) is 5. The predicted octanol–water partition coefficient (Wildman–Crippen LogP) is 13.7. The normalized spacial score (nSPS) is 13.3. The Bertz CT molecular complexity index is 5710. The number of rotatable bonds is 26. The number of nitrogens with zero attached hydrogens (tertiary/aromatic N) is 12. The molecule has 2 fully saturated rings. The van der Waals surface area contributed by atoms with Gasteiger partial charge in [-0.1, -0.05) is 13.8 Å². The van der Waals surface area contributed by atoms with Crippen LogP contribution in [-0.2, 0) is 19.0 Å². The molecule has 116 heavy (non-hydrogen) atoms. The molecule has 0 saturated carbocycles. The second-order valence-electron chi connectivity index (χ2n) is 28.8. The van der Waals surface area contributed by atoms with E-state index in [0.717, 1.165) is 233 Å². The van der Waals surface area contributed by atoms with Crippen molar-refractivity contribution >= 4 is 171 Å². The number of likely N-dealkylation sites (tertiary alicyclic amines) is 1. The maximum Gasteiger partial charge on any atom is 0.222 e. The van der Waals surface area contributed by atoms with Crippen LogP contribution in [0.1, 0.15) is 62.3 Å². The molecule has 0 aliphatic carbocycles. The number of aliphatic hydroxyl groups is 1. The van der Waals surface area contributed by atoms with Gasteiger partial charge in [-0.05, 0) is 106 Å². The third kappa shape index (κ3) is 19.9. The van der Waals surface area contributed by atoms with E-state index in [4.69, 9.17) is 42.9 Å². The van der Waals surface area contributed by atoms with Crippen LogP contribution in [0.5, 0.6) is 0 Å². The van der Waals surface area contributed by atoms with Crippen LogP contribution in [0, 0.1) is 33.1 Å². The molecular formula is C79H99N27O5S5. The molecule has 15 aromatic rings. The number of H-pyrrole nitrogens is 5. The molecule has 17 heterocycles. The lowest BCUT2D eigenvalue weighted by molar-refractivity contribution is -0.127. The van der Waals surface area contributed by atoms with Crippen molar-refractivity contribution in [1.29, 1.82) is 0 Å². The molecule has 0 bridgehead atoms. The minimum atomic E-state index is -0.205. The number of thiophene rings is 5. The average Bonchev–Trinajstić information content (AvgIpc) is 1.65. The zero-order valence-corrected chi connectivity index (χ0v) is 70.3. The van der Waals surface area contributed by atoms with Crippen molar-refractivity contribution in [1.82, 2.24) is 85.7 Å². The Balaban J connectivity index is 0.000000126. The highest BCUT2D eigenvalue weighted by atomic mass is 32.1. The van der Waals surface area contributed by atoms with Crippen molar-refractivity contribution in [3.63, 3.8) is 0 Å². The number of carbonyl (C=O) groups is 1. The lowest BCUT2D eigenvalue weighted by atomic mass is 9.95. The number of aromatic nitrogens is 15. The van der Waals surface area contributed by atoms with Crippen LogP contribution < -0.4 is 55.3 Å². The van der Waals surface area contributed by atoms with Crippen molar-refractivity contribution in [2.45, 2.75) is 73.8 Å². The van der Waals surface area contributed by atoms with Crippen LogP contribution in [-0.4, -0.2) is 209 Å². The summed E-state index contributed by atoms with van der Waals surface area (Å²) >= 11 is 8.40. The topological polar surface area (TPSA) is 470 Å². The fraction of sp³-hybridized carbons (Fsp3) is 0.354. The Hall–Kier alpha value is -11.1. The molecule has 2 saturated heterocycles. The van der Waals surface area contributed by atoms with Crippen molar-refractivity contribution in [2.24, 2.45) is 5.41 Å². The van der Waals surface area contributed by atoms with E-state index in [-0.39, 0.29) is 24.0 Å². The first kappa shape index (κ1) is 82.8. The number of hydrogen-bond donors (Lipinski definition) is 16. The van der Waals surface area contributed by atoms with Crippen molar-refractivity contribution in [3.05, 3.63) is 120 Å². The molecule has 2 aliphatic rings. The number of carbonyl (C=O) groups excluding carboxylic acids is 1. The SMILES string of the molecule is COCCNc1cc(N)nc2c(C)c(-c3ccn[nH]3)sc12.CO[C@H](C)CNc1cc(N)nc2c(C)c(-c3ccn[nH]3)sc12.Cc1c(-c2ccn[nH]2)sc2c(NCC(C)(C)CO)cc(N)nc12.Cc1c(-c2ccn[nH]2)sc2c(NCCN3CCOCC3)cc(N)nc12.Nc1cc(NCCCN2CCCC2=O)c2sc(-c3ccn[nH]3)cc2n1. The van der Waals surface area contributed by atoms with E-state index in [2.05, 4.69) is 128 Å². The second kappa shape index (κ2) is 38.1. The van der Waals surface area contributed by atoms with E-state index in [0.29, 0.717) is 55.2 Å². The maximum absolute atomic E-state index is 11.6. The third-order valence-electron chi connectivity index (χ3n) is 19.5. The Morgan fingerprint density at radius 2 is 0.922 bits per heavy atom. The fourth-order valence-corrected chi connectivity index (χ4v) is 19.1. The van der Waals surface area contributed by atoms with Crippen LogP contribution in [0.4, 0.5) is 57.5 Å². The molecule has 32 nitrogen and oxygen atoms in total. The van der Waals surface area contributed by atoms with Gasteiger partial charge in [-0.2, -0.15) is 25.5 Å². The monoisotopic (exact) mass is 1670 g/mol. The molecule has 1 amide bonds. The van der Waals surface area contributed by atoms with Gasteiger partial charge in [0.25, 0.3) is 0 Å². The first-order valence-electron chi connectivity index (χ1n) is 38.0. The van der Waals surface area contributed by atoms with Gasteiger partial charge in [0.1, 0.15) is 29.1 Å². The summed E-state index contributed by atoms with van der Waals surface area (Å²) in [6.07, 6.45) is 11.5. The fourth-order valence-electron chi connectivity index (χ4n) is 13.2. The standard InChI is InChI=1S/C17H22N6OS.C17H20N6OS.C16H21N5OS.C15H19N5OS.C14H17N5OS/c1-11-15-17(25-16(11)12-2-3-20-22-12)13(10-14(18)21-15)19-4-5-23-6-8-24-9-7-23;18-15-10-12(19-5-2-8-23-7-1-3-16(23)24)17-13(21-15)9-14(25-17)11-4-6-20-22-11;1-9-13-15(23-14(9)10-4-5-19-21-10)11(6-12(17)20-13)18-7-16(2,3)8-22;1-8(21-3)7-17-11-6-12(16)19-13-9(2)14(22-15(11)13)10-4-5-18-20-10;1-8-12-14(21-13(8)9-3-4-17-19-9)10(7-11(15)18-12)16-5-6-20-2/h2-3,10H,4-9H2,1H3,(H,20,22)(H3,18,19,21);4,6,9-10H,1-3,5,7-8H2,(H,20,22)(H3,18,19,21);4-6,22H,7-8H2,1-3H3,(H,19,21)(H3,17,18,20);4-6,8H,7H2,1-3H3,(H,18,20)(H3,16,17,19);3-4,7H,5-6H2,1-2H3,(H,17,19)(H3,15,16,18)/t;;;8-;/m...1./s1. The number of morpholine rings is 1. The molecule has 0 spiro atoms. The largest absolute Gasteiger partial charge is 0.396 e. The predicted molar refractivity (Wildman–Crippen MR) is 476 cm³/mol. The summed E-state index contributed by atoms with van der Waals surface area (Å²) in [5.41, 5.74) is 48.7. The summed E-state index contributed by atoms with van der Waals surface area (Å²) < 4.78 is 21.2. The minimum Gasteiger partial charge on any atom is -0.396 e. The molecule has 0 radical (unpaired) electrons. The number of nitrogens with one attached hydrogen (secondary N) is 10. The molecule has 0 unspecified atom stereocenters. The van der Waals surface area contributed by atoms with Gasteiger partial charge in [0.2, 0.25) is 5.91 Å². The number of amides is 1. The summed E-state index contributed by atoms with van der Waals surface area (Å²) in [5, 5.41) is 61.7. The number of aromatic amines is 5. The summed E-state index contributed by atoms with van der Waals surface area (Å²) in [6, 6.07) is 21.2.